The average molecular weight is 535 g/mol. The van der Waals surface area contributed by atoms with E-state index in [1.807, 2.05) is 0 Å². The topological polar surface area (TPSA) is 111 Å². The smallest absolute Gasteiger partial charge is 0.290 e. The molecule has 3 heterocycles. The van der Waals surface area contributed by atoms with Crippen molar-refractivity contribution in [2.24, 2.45) is 0 Å². The summed E-state index contributed by atoms with van der Waals surface area (Å²) in [4.78, 5) is 32.8. The van der Waals surface area contributed by atoms with Crippen LogP contribution in [0.5, 0.6) is 17.2 Å². The molecule has 0 bridgehead atoms. The number of methoxy groups -OCH3 is 3. The molecule has 1 N–H and O–H groups in total. The van der Waals surface area contributed by atoms with E-state index < -0.39 is 23.5 Å². The quantitative estimate of drug-likeness (QED) is 0.304. The Morgan fingerprint density at radius 3 is 2.45 bits per heavy atom. The van der Waals surface area contributed by atoms with Gasteiger partial charge in [-0.05, 0) is 53.6 Å². The molecule has 0 radical (unpaired) electrons. The third-order valence-corrected chi connectivity index (χ3v) is 6.56. The fraction of sp³-hybridized carbons (Fsp3) is 0.179. The Balaban J connectivity index is 1.67. The molecule has 2 aromatic carbocycles. The van der Waals surface area contributed by atoms with Crippen molar-refractivity contribution < 1.29 is 33.3 Å². The molecule has 5 rings (SSSR count). The van der Waals surface area contributed by atoms with Crippen molar-refractivity contribution in [2.75, 3.05) is 21.3 Å². The van der Waals surface area contributed by atoms with Gasteiger partial charge < -0.3 is 28.6 Å². The Morgan fingerprint density at radius 1 is 1.08 bits per heavy atom. The predicted octanol–water partition coefficient (Wildman–Crippen LogP) is 5.29. The van der Waals surface area contributed by atoms with Crippen molar-refractivity contribution in [3.05, 3.63) is 94.2 Å². The Bertz CT molecular complexity index is 1550. The van der Waals surface area contributed by atoms with Crippen molar-refractivity contribution in [1.82, 2.24) is 9.88 Å². The monoisotopic (exact) mass is 534 g/mol. The van der Waals surface area contributed by atoms with Gasteiger partial charge in [-0.1, -0.05) is 17.7 Å². The zero-order valence-corrected chi connectivity index (χ0v) is 21.5. The van der Waals surface area contributed by atoms with Gasteiger partial charge in [0.2, 0.25) is 11.5 Å². The lowest BCUT2D eigenvalue weighted by Gasteiger charge is -2.27. The van der Waals surface area contributed by atoms with E-state index in [1.54, 1.807) is 54.9 Å². The van der Waals surface area contributed by atoms with E-state index in [1.165, 1.54) is 32.3 Å². The number of pyridine rings is 1. The summed E-state index contributed by atoms with van der Waals surface area (Å²) in [6, 6.07) is 12.3. The number of furan rings is 1. The zero-order valence-electron chi connectivity index (χ0n) is 20.7. The van der Waals surface area contributed by atoms with Gasteiger partial charge in [0.15, 0.2) is 23.0 Å². The largest absolute Gasteiger partial charge is 0.503 e. The number of nitrogens with zero attached hydrogens (tertiary/aromatic N) is 2. The van der Waals surface area contributed by atoms with Gasteiger partial charge in [-0.2, -0.15) is 0 Å². The number of rotatable bonds is 8. The number of aliphatic hydroxyl groups is 1. The lowest BCUT2D eigenvalue weighted by molar-refractivity contribution is -0.130. The molecular weight excluding hydrogens is 512 g/mol. The van der Waals surface area contributed by atoms with Crippen LogP contribution in [0.1, 0.15) is 27.7 Å². The molecule has 1 atom stereocenters. The van der Waals surface area contributed by atoms with Crippen LogP contribution in [0.15, 0.2) is 76.7 Å². The molecule has 1 aliphatic heterocycles. The van der Waals surface area contributed by atoms with Crippen LogP contribution in [0.4, 0.5) is 0 Å². The number of fused-ring (bicyclic) bond motifs is 1. The first kappa shape index (κ1) is 25.2. The van der Waals surface area contributed by atoms with E-state index >= 15 is 0 Å². The first-order chi connectivity index (χ1) is 18.4. The second-order valence-electron chi connectivity index (χ2n) is 8.54. The SMILES string of the molecule is COc1cc(C2C(C(=O)c3cc4cc(Cl)ccc4o3)=C(O)C(=O)N2Cc2cccnc2)cc(OC)c1OC. The van der Waals surface area contributed by atoms with Crippen LogP contribution in [-0.4, -0.2) is 48.0 Å². The molecule has 1 unspecified atom stereocenters. The average Bonchev–Trinajstić information content (AvgIpc) is 3.46. The van der Waals surface area contributed by atoms with E-state index in [9.17, 15) is 14.7 Å². The fourth-order valence-corrected chi connectivity index (χ4v) is 4.78. The zero-order chi connectivity index (χ0) is 27.0. The Hall–Kier alpha value is -4.50. The molecule has 1 amide bonds. The maximum atomic E-state index is 13.8. The summed E-state index contributed by atoms with van der Waals surface area (Å²) in [6.45, 7) is 0.0740. The summed E-state index contributed by atoms with van der Waals surface area (Å²) < 4.78 is 22.2. The molecule has 2 aromatic heterocycles. The molecule has 0 saturated heterocycles. The second-order valence-corrected chi connectivity index (χ2v) is 8.98. The summed E-state index contributed by atoms with van der Waals surface area (Å²) in [5.74, 6) is -1.07. The summed E-state index contributed by atoms with van der Waals surface area (Å²) in [5.41, 5.74) is 1.47. The van der Waals surface area contributed by atoms with Gasteiger partial charge in [-0.15, -0.1) is 0 Å². The van der Waals surface area contributed by atoms with Gasteiger partial charge >= 0.3 is 0 Å². The highest BCUT2D eigenvalue weighted by Crippen LogP contribution is 2.46. The minimum Gasteiger partial charge on any atom is -0.503 e. The molecule has 9 nitrogen and oxygen atoms in total. The number of ketones is 1. The van der Waals surface area contributed by atoms with Crippen molar-refractivity contribution >= 4 is 34.3 Å². The summed E-state index contributed by atoms with van der Waals surface area (Å²) in [5, 5.41) is 12.1. The standard InChI is InChI=1S/C28H23ClN2O7/c1-35-21-11-17(12-22(36-2)27(21)37-3)24-23(25(32)20-10-16-9-18(29)6-7-19(16)38-20)26(33)28(34)31(24)14-15-5-4-8-30-13-15/h4-13,24,33H,14H2,1-3H3. The van der Waals surface area contributed by atoms with Gasteiger partial charge in [0.25, 0.3) is 5.91 Å². The van der Waals surface area contributed by atoms with E-state index in [0.29, 0.717) is 44.4 Å². The van der Waals surface area contributed by atoms with Gasteiger partial charge in [-0.25, -0.2) is 0 Å². The molecule has 10 heteroatoms. The predicted molar refractivity (Wildman–Crippen MR) is 139 cm³/mol. The summed E-state index contributed by atoms with van der Waals surface area (Å²) in [6.07, 6.45) is 3.23. The van der Waals surface area contributed by atoms with Crippen molar-refractivity contribution in [2.45, 2.75) is 12.6 Å². The van der Waals surface area contributed by atoms with Gasteiger partial charge in [0.05, 0.1) is 32.9 Å². The number of halogens is 1. The van der Waals surface area contributed by atoms with E-state index in [0.717, 1.165) is 0 Å². The van der Waals surface area contributed by atoms with Crippen molar-refractivity contribution in [3.63, 3.8) is 0 Å². The summed E-state index contributed by atoms with van der Waals surface area (Å²) in [7, 11) is 4.41. The summed E-state index contributed by atoms with van der Waals surface area (Å²) >= 11 is 6.09. The van der Waals surface area contributed by atoms with E-state index in [-0.39, 0.29) is 17.9 Å². The van der Waals surface area contributed by atoms with Crippen LogP contribution in [0.3, 0.4) is 0 Å². The van der Waals surface area contributed by atoms with Gasteiger partial charge in [0.1, 0.15) is 5.58 Å². The first-order valence-electron chi connectivity index (χ1n) is 11.5. The van der Waals surface area contributed by atoms with Crippen LogP contribution in [0.2, 0.25) is 5.02 Å². The number of benzene rings is 2. The minimum absolute atomic E-state index is 0.0442. The third-order valence-electron chi connectivity index (χ3n) is 6.33. The molecular formula is C28H23ClN2O7. The van der Waals surface area contributed by atoms with Crippen LogP contribution in [0.25, 0.3) is 11.0 Å². The molecule has 0 fully saturated rings. The minimum atomic E-state index is -0.999. The van der Waals surface area contributed by atoms with Crippen molar-refractivity contribution in [3.8, 4) is 17.2 Å². The first-order valence-corrected chi connectivity index (χ1v) is 11.9. The van der Waals surface area contributed by atoms with Gasteiger partial charge in [-0.3, -0.25) is 14.6 Å². The lowest BCUT2D eigenvalue weighted by Crippen LogP contribution is -2.30. The number of hydrogen-bond acceptors (Lipinski definition) is 8. The van der Waals surface area contributed by atoms with Crippen LogP contribution < -0.4 is 14.2 Å². The maximum absolute atomic E-state index is 13.8. The fourth-order valence-electron chi connectivity index (χ4n) is 4.60. The number of Topliss-reactive ketones (excluding diaryl/α,β-unsaturated/α-hetero) is 1. The van der Waals surface area contributed by atoms with E-state index in [2.05, 4.69) is 4.98 Å². The molecule has 0 spiro atoms. The Kier molecular flexibility index (Phi) is 6.69. The molecule has 1 aliphatic rings. The number of carbonyl (C=O) groups excluding carboxylic acids is 2. The number of amides is 1. The lowest BCUT2D eigenvalue weighted by atomic mass is 9.94. The molecule has 0 aliphatic carbocycles. The highest BCUT2D eigenvalue weighted by atomic mass is 35.5. The Labute approximate surface area is 222 Å². The van der Waals surface area contributed by atoms with Crippen LogP contribution >= 0.6 is 11.6 Å². The molecule has 38 heavy (non-hydrogen) atoms. The Morgan fingerprint density at radius 2 is 1.82 bits per heavy atom. The van der Waals surface area contributed by atoms with Gasteiger partial charge in [0, 0.05) is 29.3 Å². The number of aromatic nitrogens is 1. The van der Waals surface area contributed by atoms with E-state index in [4.69, 9.17) is 30.2 Å². The number of hydrogen-bond donors (Lipinski definition) is 1. The number of ether oxygens (including phenoxy) is 3. The molecule has 4 aromatic rings. The second kappa shape index (κ2) is 10.1. The number of carbonyl (C=O) groups is 2. The van der Waals surface area contributed by atoms with Crippen molar-refractivity contribution in [1.29, 1.82) is 0 Å². The van der Waals surface area contributed by atoms with Crippen LogP contribution in [-0.2, 0) is 11.3 Å². The van der Waals surface area contributed by atoms with Crippen LogP contribution in [0, 0.1) is 0 Å². The number of aliphatic hydroxyl groups excluding tert-OH is 1. The third kappa shape index (κ3) is 4.31. The highest BCUT2D eigenvalue weighted by Gasteiger charge is 2.45. The molecule has 0 saturated carbocycles. The molecule has 194 valence electrons. The normalized spacial score (nSPS) is 15.3. The highest BCUT2D eigenvalue weighted by molar-refractivity contribution is 6.31. The maximum Gasteiger partial charge on any atom is 0.290 e.